The van der Waals surface area contributed by atoms with Gasteiger partial charge in [-0.15, -0.1) is 0 Å². The van der Waals surface area contributed by atoms with Crippen LogP contribution in [-0.4, -0.2) is 30.1 Å². The molecule has 0 amide bonds. The minimum absolute atomic E-state index is 0.0811. The lowest BCUT2D eigenvalue weighted by atomic mass is 10.0. The Morgan fingerprint density at radius 3 is 2.35 bits per heavy atom. The van der Waals surface area contributed by atoms with Crippen LogP contribution in [-0.2, 0) is 10.0 Å². The molecule has 0 fully saturated rings. The summed E-state index contributed by atoms with van der Waals surface area (Å²) in [5, 5.41) is 0.404. The molecule has 5 rings (SSSR count). The molecule has 8 nitrogen and oxygen atoms in total. The predicted molar refractivity (Wildman–Crippen MR) is 134 cm³/mol. The molecule has 2 aromatic heterocycles. The molecule has 0 aliphatic rings. The molecule has 0 saturated carbocycles. The van der Waals surface area contributed by atoms with Crippen molar-refractivity contribution in [1.29, 1.82) is 0 Å². The number of halogens is 2. The number of fused-ring (bicyclic) bond motifs is 1. The van der Waals surface area contributed by atoms with Gasteiger partial charge in [0.1, 0.15) is 17.4 Å². The number of benzene rings is 3. The first-order valence-electron chi connectivity index (χ1n) is 10.9. The number of methoxy groups -OCH3 is 1. The Hall–Kier alpha value is -4.64. The number of hydrogen-bond donors (Lipinski definition) is 1. The van der Waals surface area contributed by atoms with Crippen molar-refractivity contribution in [2.24, 2.45) is 0 Å². The molecule has 11 heteroatoms. The maximum atomic E-state index is 15.2. The van der Waals surface area contributed by atoms with Crippen molar-refractivity contribution in [2.45, 2.75) is 4.90 Å². The molecule has 0 unspecified atom stereocenters. The fourth-order valence-corrected chi connectivity index (χ4v) is 4.90. The van der Waals surface area contributed by atoms with Gasteiger partial charge in [0.15, 0.2) is 0 Å². The van der Waals surface area contributed by atoms with Crippen molar-refractivity contribution in [2.75, 3.05) is 11.8 Å². The third kappa shape index (κ3) is 4.64. The van der Waals surface area contributed by atoms with Gasteiger partial charge in [-0.3, -0.25) is 9.36 Å². The summed E-state index contributed by atoms with van der Waals surface area (Å²) in [7, 11) is -2.65. The van der Waals surface area contributed by atoms with Gasteiger partial charge in [-0.1, -0.05) is 12.1 Å². The fraction of sp³-hybridized carbons (Fsp3) is 0.0385. The van der Waals surface area contributed by atoms with Crippen LogP contribution < -0.4 is 15.0 Å². The highest BCUT2D eigenvalue weighted by atomic mass is 32.2. The van der Waals surface area contributed by atoms with E-state index in [0.717, 1.165) is 6.07 Å². The van der Waals surface area contributed by atoms with Crippen LogP contribution >= 0.6 is 0 Å². The van der Waals surface area contributed by atoms with Crippen molar-refractivity contribution in [3.8, 4) is 22.6 Å². The minimum Gasteiger partial charge on any atom is -0.495 e. The van der Waals surface area contributed by atoms with Gasteiger partial charge in [0.05, 0.1) is 23.2 Å². The van der Waals surface area contributed by atoms with Gasteiger partial charge in [-0.2, -0.15) is 0 Å². The zero-order valence-electron chi connectivity index (χ0n) is 19.2. The average molecular weight is 521 g/mol. The normalized spacial score (nSPS) is 11.4. The van der Waals surface area contributed by atoms with Crippen LogP contribution in [0.1, 0.15) is 0 Å². The Morgan fingerprint density at radius 2 is 1.65 bits per heavy atom. The van der Waals surface area contributed by atoms with Crippen LogP contribution in [0.15, 0.2) is 94.9 Å². The van der Waals surface area contributed by atoms with E-state index in [1.807, 2.05) is 0 Å². The molecule has 2 heterocycles. The van der Waals surface area contributed by atoms with E-state index in [4.69, 9.17) is 4.74 Å². The quantitative estimate of drug-likeness (QED) is 0.353. The number of rotatable bonds is 6. The summed E-state index contributed by atoms with van der Waals surface area (Å²) < 4.78 is 63.3. The van der Waals surface area contributed by atoms with Gasteiger partial charge < -0.3 is 4.74 Å². The van der Waals surface area contributed by atoms with E-state index in [-0.39, 0.29) is 27.8 Å². The molecule has 5 aromatic rings. The van der Waals surface area contributed by atoms with Gasteiger partial charge in [0.25, 0.3) is 15.6 Å². The molecule has 0 aliphatic heterocycles. The topological polar surface area (TPSA) is 103 Å². The Kier molecular flexibility index (Phi) is 6.14. The van der Waals surface area contributed by atoms with E-state index >= 15 is 4.39 Å². The molecule has 186 valence electrons. The summed E-state index contributed by atoms with van der Waals surface area (Å²) in [6, 6.07) is 16.3. The van der Waals surface area contributed by atoms with Gasteiger partial charge in [-0.25, -0.2) is 31.9 Å². The Morgan fingerprint density at radius 1 is 0.919 bits per heavy atom. The average Bonchev–Trinajstić information content (AvgIpc) is 2.89. The lowest BCUT2D eigenvalue weighted by molar-refractivity contribution is 0.412. The highest BCUT2D eigenvalue weighted by Crippen LogP contribution is 2.33. The maximum absolute atomic E-state index is 15.2. The number of nitrogens with zero attached hydrogens (tertiary/aromatic N) is 3. The fourth-order valence-electron chi connectivity index (χ4n) is 3.90. The van der Waals surface area contributed by atoms with Crippen LogP contribution in [0.25, 0.3) is 27.7 Å². The molecule has 1 N–H and O–H groups in total. The maximum Gasteiger partial charge on any atom is 0.264 e. The van der Waals surface area contributed by atoms with Gasteiger partial charge in [0.2, 0.25) is 5.95 Å². The molecular formula is C26H18F2N4O4S. The van der Waals surface area contributed by atoms with Crippen molar-refractivity contribution in [3.05, 3.63) is 107 Å². The number of nitrogens with one attached hydrogen (secondary N) is 1. The standard InChI is InChI=1S/C26H18F2N4O4S/c1-36-24-14-20(16-3-6-18(27)7-4-16)21(28)15-23(24)32-22-9-8-19(13-17(22)5-10-25(32)33)37(34,35)31-26-29-11-2-12-30-26/h2-15H,1H3,(H,29,30,31). The van der Waals surface area contributed by atoms with Gasteiger partial charge >= 0.3 is 0 Å². The van der Waals surface area contributed by atoms with Crippen molar-refractivity contribution >= 4 is 26.9 Å². The monoisotopic (exact) mass is 520 g/mol. The van der Waals surface area contributed by atoms with Crippen molar-refractivity contribution in [1.82, 2.24) is 14.5 Å². The van der Waals surface area contributed by atoms with Gasteiger partial charge in [-0.05, 0) is 54.1 Å². The van der Waals surface area contributed by atoms with Crippen LogP contribution in [0.2, 0.25) is 0 Å². The largest absolute Gasteiger partial charge is 0.495 e. The van der Waals surface area contributed by atoms with Crippen LogP contribution in [0, 0.1) is 11.6 Å². The molecule has 0 saturated heterocycles. The molecule has 0 radical (unpaired) electrons. The lowest BCUT2D eigenvalue weighted by Crippen LogP contribution is -2.19. The molecular weight excluding hydrogens is 502 g/mol. The third-order valence-corrected chi connectivity index (χ3v) is 6.96. The van der Waals surface area contributed by atoms with Crippen LogP contribution in [0.5, 0.6) is 5.75 Å². The number of hydrogen-bond acceptors (Lipinski definition) is 6. The first kappa shape index (κ1) is 24.1. The third-order valence-electron chi connectivity index (χ3n) is 5.63. The lowest BCUT2D eigenvalue weighted by Gasteiger charge is -2.16. The summed E-state index contributed by atoms with van der Waals surface area (Å²) in [6.45, 7) is 0. The number of aromatic nitrogens is 3. The summed E-state index contributed by atoms with van der Waals surface area (Å²) in [5.41, 5.74) is 0.559. The number of pyridine rings is 1. The summed E-state index contributed by atoms with van der Waals surface area (Å²) in [4.78, 5) is 20.6. The number of anilines is 1. The van der Waals surface area contributed by atoms with E-state index < -0.39 is 27.2 Å². The summed E-state index contributed by atoms with van der Waals surface area (Å²) in [6.07, 6.45) is 2.80. The molecule has 0 spiro atoms. The first-order valence-corrected chi connectivity index (χ1v) is 12.3. The second-order valence-corrected chi connectivity index (χ2v) is 9.60. The van der Waals surface area contributed by atoms with E-state index in [9.17, 15) is 17.6 Å². The van der Waals surface area contributed by atoms with Crippen LogP contribution in [0.4, 0.5) is 14.7 Å². The highest BCUT2D eigenvalue weighted by molar-refractivity contribution is 7.92. The van der Waals surface area contributed by atoms with E-state index in [1.165, 1.54) is 84.7 Å². The van der Waals surface area contributed by atoms with Crippen molar-refractivity contribution < 1.29 is 21.9 Å². The van der Waals surface area contributed by atoms with Gasteiger partial charge in [0, 0.05) is 35.5 Å². The van der Waals surface area contributed by atoms with Crippen LogP contribution in [0.3, 0.4) is 0 Å². The molecule has 0 atom stereocenters. The number of sulfonamides is 1. The Labute approximate surface area is 209 Å². The Balaban J connectivity index is 1.63. The molecule has 0 bridgehead atoms. The second kappa shape index (κ2) is 9.43. The van der Waals surface area contributed by atoms with E-state index in [1.54, 1.807) is 6.07 Å². The van der Waals surface area contributed by atoms with E-state index in [2.05, 4.69) is 14.7 Å². The Bertz CT molecular complexity index is 1790. The minimum atomic E-state index is -4.03. The summed E-state index contributed by atoms with van der Waals surface area (Å²) >= 11 is 0. The summed E-state index contributed by atoms with van der Waals surface area (Å²) in [5.74, 6) is -1.01. The zero-order chi connectivity index (χ0) is 26.2. The first-order chi connectivity index (χ1) is 17.8. The predicted octanol–water partition coefficient (Wildman–Crippen LogP) is 4.54. The number of ether oxygens (including phenoxy) is 1. The highest BCUT2D eigenvalue weighted by Gasteiger charge is 2.19. The SMILES string of the molecule is COc1cc(-c2ccc(F)cc2)c(F)cc1-n1c(=O)ccc2cc(S(=O)(=O)Nc3ncccn3)ccc21. The smallest absolute Gasteiger partial charge is 0.264 e. The van der Waals surface area contributed by atoms with E-state index in [0.29, 0.717) is 16.5 Å². The molecule has 3 aromatic carbocycles. The second-order valence-electron chi connectivity index (χ2n) is 7.92. The zero-order valence-corrected chi connectivity index (χ0v) is 20.0. The molecule has 37 heavy (non-hydrogen) atoms. The van der Waals surface area contributed by atoms with Crippen molar-refractivity contribution in [3.63, 3.8) is 0 Å². The molecule has 0 aliphatic carbocycles.